The SMILES string of the molecule is F[B-](F)(F)F.F[B-](F)(F)F.F[B-](F)(F)F.[KH].c1ccncc1. The molecule has 0 atom stereocenters. The molecule has 0 spiro atoms. The van der Waals surface area contributed by atoms with E-state index in [-0.39, 0.29) is 51.4 Å². The van der Waals surface area contributed by atoms with E-state index in [4.69, 9.17) is 0 Å². The number of hydrogen-bond donors (Lipinski definition) is 0. The number of aromatic nitrogens is 1. The van der Waals surface area contributed by atoms with Crippen molar-refractivity contribution in [1.29, 1.82) is 0 Å². The van der Waals surface area contributed by atoms with Crippen molar-refractivity contribution in [3.8, 4) is 0 Å². The number of rotatable bonds is 0. The van der Waals surface area contributed by atoms with Crippen molar-refractivity contribution >= 4 is 73.1 Å². The predicted octanol–water partition coefficient (Wildman–Crippen LogP) is 4.33. The third-order valence-electron chi connectivity index (χ3n) is 0.566. The second kappa shape index (κ2) is 14.7. The Morgan fingerprint density at radius 1 is 0.455 bits per heavy atom. The number of halogens is 12. The smallest absolute Gasteiger partial charge is 0.0267 e. The van der Waals surface area contributed by atoms with Gasteiger partial charge in [-0.1, -0.05) is 6.07 Å². The minimum Gasteiger partial charge on any atom is -0.265 e. The maximum Gasteiger partial charge on any atom is 0.0267 e. The molecule has 0 fully saturated rings. The van der Waals surface area contributed by atoms with Gasteiger partial charge in [0, 0.05) is 12.4 Å². The van der Waals surface area contributed by atoms with Crippen LogP contribution in [0.2, 0.25) is 0 Å². The Labute approximate surface area is 159 Å². The van der Waals surface area contributed by atoms with Crippen molar-refractivity contribution in [3.05, 3.63) is 30.6 Å². The van der Waals surface area contributed by atoms with Crippen LogP contribution >= 0.6 is 0 Å². The van der Waals surface area contributed by atoms with Crippen LogP contribution in [0.25, 0.3) is 0 Å². The van der Waals surface area contributed by atoms with Crippen LogP contribution in [0.3, 0.4) is 0 Å². The second-order valence-corrected chi connectivity index (χ2v) is 2.51. The Morgan fingerprint density at radius 2 is 0.636 bits per heavy atom. The predicted molar refractivity (Wildman–Crippen MR) is 61.9 cm³/mol. The number of pyridine rings is 1. The summed E-state index contributed by atoms with van der Waals surface area (Å²) in [5.74, 6) is 0. The van der Waals surface area contributed by atoms with Gasteiger partial charge in [0.2, 0.25) is 0 Å². The molecule has 0 aliphatic rings. The van der Waals surface area contributed by atoms with Gasteiger partial charge in [-0.3, -0.25) is 4.98 Å². The van der Waals surface area contributed by atoms with Crippen LogP contribution in [-0.4, -0.2) is 78.1 Å². The molecule has 0 aliphatic heterocycles. The molecular formula is C5H6B3F12KN-3. The Bertz CT molecular complexity index is 253. The topological polar surface area (TPSA) is 12.9 Å². The largest absolute Gasteiger partial charge is 0.265 e. The molecule has 0 bridgehead atoms. The summed E-state index contributed by atoms with van der Waals surface area (Å²) in [6, 6.07) is 5.72. The number of nitrogens with zero attached hydrogens (tertiary/aromatic N) is 1. The van der Waals surface area contributed by atoms with Gasteiger partial charge in [-0.05, 0) is 12.1 Å². The maximum atomic E-state index is 9.75. The Hall–Kier alpha value is 0.141. The van der Waals surface area contributed by atoms with Gasteiger partial charge in [-0.2, -0.15) is 0 Å². The van der Waals surface area contributed by atoms with Crippen LogP contribution in [0, 0.1) is 0 Å². The molecule has 0 saturated heterocycles. The minimum atomic E-state index is -6.00. The van der Waals surface area contributed by atoms with E-state index in [0.717, 1.165) is 0 Å². The van der Waals surface area contributed by atoms with E-state index in [9.17, 15) is 51.8 Å². The van der Waals surface area contributed by atoms with Crippen molar-refractivity contribution in [2.45, 2.75) is 0 Å². The maximum absolute atomic E-state index is 9.75. The average Bonchev–Trinajstić information content (AvgIpc) is 2.12. The molecule has 22 heavy (non-hydrogen) atoms. The van der Waals surface area contributed by atoms with Crippen molar-refractivity contribution in [1.82, 2.24) is 4.98 Å². The summed E-state index contributed by atoms with van der Waals surface area (Å²) in [5.41, 5.74) is 0. The molecule has 0 aliphatic carbocycles. The molecule has 1 aromatic heterocycles. The summed E-state index contributed by atoms with van der Waals surface area (Å²) in [7, 11) is -18.0. The first-order valence-corrected chi connectivity index (χ1v) is 4.47. The molecular weight excluding hydrogens is 374 g/mol. The van der Waals surface area contributed by atoms with Crippen LogP contribution in [0.4, 0.5) is 51.8 Å². The van der Waals surface area contributed by atoms with E-state index in [0.29, 0.717) is 0 Å². The van der Waals surface area contributed by atoms with Gasteiger partial charge in [0.15, 0.2) is 0 Å². The molecule has 1 heterocycles. The van der Waals surface area contributed by atoms with E-state index in [1.54, 1.807) is 12.4 Å². The third kappa shape index (κ3) is 196. The normalized spacial score (nSPS) is 10.4. The summed E-state index contributed by atoms with van der Waals surface area (Å²) in [5, 5.41) is 0. The van der Waals surface area contributed by atoms with Crippen molar-refractivity contribution < 1.29 is 51.8 Å². The van der Waals surface area contributed by atoms with Gasteiger partial charge < -0.3 is 51.8 Å². The fourth-order valence-corrected chi connectivity index (χ4v) is 0.313. The van der Waals surface area contributed by atoms with Crippen molar-refractivity contribution in [2.75, 3.05) is 0 Å². The minimum absolute atomic E-state index is 0. The first-order valence-electron chi connectivity index (χ1n) is 4.47. The molecule has 0 saturated carbocycles. The van der Waals surface area contributed by atoms with E-state index in [2.05, 4.69) is 4.98 Å². The first kappa shape index (κ1) is 30.1. The molecule has 0 aromatic carbocycles. The molecule has 1 nitrogen and oxygen atoms in total. The van der Waals surface area contributed by atoms with Crippen LogP contribution in [0.15, 0.2) is 30.6 Å². The fourth-order valence-electron chi connectivity index (χ4n) is 0.313. The summed E-state index contributed by atoms with van der Waals surface area (Å²) in [6.07, 6.45) is 3.50. The van der Waals surface area contributed by atoms with Crippen molar-refractivity contribution in [2.24, 2.45) is 0 Å². The van der Waals surface area contributed by atoms with E-state index in [1.165, 1.54) is 0 Å². The monoisotopic (exact) mass is 380 g/mol. The summed E-state index contributed by atoms with van der Waals surface area (Å²) in [6.45, 7) is 0. The van der Waals surface area contributed by atoms with Gasteiger partial charge in [-0.15, -0.1) is 0 Å². The van der Waals surface area contributed by atoms with Gasteiger partial charge >= 0.3 is 73.1 Å². The fraction of sp³-hybridized carbons (Fsp3) is 0. The second-order valence-electron chi connectivity index (χ2n) is 2.51. The van der Waals surface area contributed by atoms with Gasteiger partial charge in [0.25, 0.3) is 0 Å². The molecule has 0 radical (unpaired) electrons. The molecule has 17 heteroatoms. The van der Waals surface area contributed by atoms with E-state index in [1.807, 2.05) is 18.2 Å². The summed E-state index contributed by atoms with van der Waals surface area (Å²) in [4.78, 5) is 3.78. The average molecular weight is 380 g/mol. The van der Waals surface area contributed by atoms with E-state index >= 15 is 0 Å². The van der Waals surface area contributed by atoms with Crippen LogP contribution in [0.1, 0.15) is 0 Å². The van der Waals surface area contributed by atoms with E-state index < -0.39 is 21.8 Å². The standard InChI is InChI=1S/C5H5N.3BF4.K.H/c1-2-4-6-5-3-1;3*2-1(3,4)5;;/h1-5H;;;;;/q;3*-1;;. The molecule has 128 valence electrons. The quantitative estimate of drug-likeness (QED) is 0.483. The van der Waals surface area contributed by atoms with Crippen molar-refractivity contribution in [3.63, 3.8) is 0 Å². The van der Waals surface area contributed by atoms with Crippen LogP contribution in [-0.2, 0) is 0 Å². The molecule has 1 rings (SSSR count). The van der Waals surface area contributed by atoms with Gasteiger partial charge in [0.1, 0.15) is 0 Å². The van der Waals surface area contributed by atoms with Gasteiger partial charge in [0.05, 0.1) is 0 Å². The molecule has 0 unspecified atom stereocenters. The first-order chi connectivity index (χ1) is 9.00. The Balaban J connectivity index is -0.0000000973. The van der Waals surface area contributed by atoms with Crippen LogP contribution < -0.4 is 0 Å². The Kier molecular flexibility index (Phi) is 20.1. The molecule has 0 N–H and O–H groups in total. The van der Waals surface area contributed by atoms with Gasteiger partial charge in [-0.25, -0.2) is 0 Å². The third-order valence-corrected chi connectivity index (χ3v) is 0.566. The zero-order valence-corrected chi connectivity index (χ0v) is 9.60. The van der Waals surface area contributed by atoms with Crippen LogP contribution in [0.5, 0.6) is 0 Å². The molecule has 1 aromatic rings. The summed E-state index contributed by atoms with van der Waals surface area (Å²) < 4.78 is 117. The molecule has 0 amide bonds. The zero-order valence-electron chi connectivity index (χ0n) is 9.60. The summed E-state index contributed by atoms with van der Waals surface area (Å²) >= 11 is 0. The number of hydrogen-bond acceptors (Lipinski definition) is 1. The Morgan fingerprint density at radius 3 is 0.682 bits per heavy atom. The zero-order chi connectivity index (χ0) is 17.7.